The van der Waals surface area contributed by atoms with E-state index in [-0.39, 0.29) is 0 Å². The molecule has 0 unspecified atom stereocenters. The van der Waals surface area contributed by atoms with E-state index < -0.39 is 0 Å². The summed E-state index contributed by atoms with van der Waals surface area (Å²) in [6.45, 7) is 7.42. The first-order valence-electron chi connectivity index (χ1n) is 6.09. The maximum absolute atomic E-state index is 2.47. The van der Waals surface area contributed by atoms with Gasteiger partial charge < -0.3 is 9.80 Å². The highest BCUT2D eigenvalue weighted by atomic mass is 15.1. The summed E-state index contributed by atoms with van der Waals surface area (Å²) in [7, 11) is 4.48. The van der Waals surface area contributed by atoms with Crippen LogP contribution in [0.15, 0.2) is 0 Å². The van der Waals surface area contributed by atoms with E-state index in [9.17, 15) is 0 Å². The first-order chi connectivity index (χ1) is 6.72. The van der Waals surface area contributed by atoms with Crippen molar-refractivity contribution in [3.05, 3.63) is 0 Å². The van der Waals surface area contributed by atoms with Gasteiger partial charge >= 0.3 is 0 Å². The molecule has 14 heavy (non-hydrogen) atoms. The molecule has 1 saturated heterocycles. The van der Waals surface area contributed by atoms with Crippen molar-refractivity contribution in [3.63, 3.8) is 0 Å². The second-order valence-electron chi connectivity index (χ2n) is 4.84. The summed E-state index contributed by atoms with van der Waals surface area (Å²) in [4.78, 5) is 4.92. The second kappa shape index (κ2) is 6.41. The van der Waals surface area contributed by atoms with Crippen LogP contribution < -0.4 is 0 Å². The van der Waals surface area contributed by atoms with Crippen molar-refractivity contribution in [1.29, 1.82) is 0 Å². The molecule has 84 valence electrons. The van der Waals surface area contributed by atoms with Gasteiger partial charge in [0.2, 0.25) is 0 Å². The van der Waals surface area contributed by atoms with E-state index in [4.69, 9.17) is 0 Å². The maximum atomic E-state index is 2.47. The van der Waals surface area contributed by atoms with Crippen LogP contribution in [0, 0.1) is 5.92 Å². The van der Waals surface area contributed by atoms with Gasteiger partial charge in [0.15, 0.2) is 0 Å². The fourth-order valence-corrected chi connectivity index (χ4v) is 2.25. The fourth-order valence-electron chi connectivity index (χ4n) is 2.25. The zero-order valence-electron chi connectivity index (χ0n) is 10.1. The molecule has 0 atom stereocenters. The van der Waals surface area contributed by atoms with Crippen LogP contribution in [0.5, 0.6) is 0 Å². The predicted octanol–water partition coefficient (Wildman–Crippen LogP) is 2.06. The average Bonchev–Trinajstić information content (AvgIpc) is 2.17. The van der Waals surface area contributed by atoms with Crippen LogP contribution in [0.3, 0.4) is 0 Å². The van der Waals surface area contributed by atoms with Crippen LogP contribution in [0.1, 0.15) is 32.6 Å². The first kappa shape index (κ1) is 12.0. The second-order valence-corrected chi connectivity index (χ2v) is 4.84. The number of piperidine rings is 1. The molecule has 1 aliphatic heterocycles. The number of likely N-dealkylation sites (tertiary alicyclic amines) is 1. The Labute approximate surface area is 89.3 Å². The smallest absolute Gasteiger partial charge is 0.00191 e. The van der Waals surface area contributed by atoms with Crippen LogP contribution in [0.4, 0.5) is 0 Å². The van der Waals surface area contributed by atoms with Gasteiger partial charge in [0.1, 0.15) is 0 Å². The van der Waals surface area contributed by atoms with E-state index >= 15 is 0 Å². The average molecular weight is 198 g/mol. The summed E-state index contributed by atoms with van der Waals surface area (Å²) in [5.41, 5.74) is 0. The largest absolute Gasteiger partial charge is 0.306 e. The zero-order valence-corrected chi connectivity index (χ0v) is 10.1. The quantitative estimate of drug-likeness (QED) is 0.667. The first-order valence-corrected chi connectivity index (χ1v) is 6.09. The summed E-state index contributed by atoms with van der Waals surface area (Å²) < 4.78 is 0. The highest BCUT2D eigenvalue weighted by Gasteiger charge is 2.16. The van der Waals surface area contributed by atoms with Gasteiger partial charge in [-0.05, 0) is 71.9 Å². The van der Waals surface area contributed by atoms with Crippen LogP contribution in [0.2, 0.25) is 0 Å². The van der Waals surface area contributed by atoms with Crippen LogP contribution in [-0.2, 0) is 0 Å². The summed E-state index contributed by atoms with van der Waals surface area (Å²) in [6, 6.07) is 0. The Morgan fingerprint density at radius 1 is 1.21 bits per heavy atom. The molecule has 1 rings (SSSR count). The molecular formula is C12H26N2. The monoisotopic (exact) mass is 198 g/mol. The van der Waals surface area contributed by atoms with Gasteiger partial charge in [-0.3, -0.25) is 0 Å². The molecule has 0 aromatic heterocycles. The van der Waals surface area contributed by atoms with Crippen LogP contribution >= 0.6 is 0 Å². The van der Waals surface area contributed by atoms with Crippen molar-refractivity contribution in [3.8, 4) is 0 Å². The highest BCUT2D eigenvalue weighted by molar-refractivity contribution is 4.70. The summed E-state index contributed by atoms with van der Waals surface area (Å²) in [6.07, 6.45) is 5.52. The number of hydrogen-bond donors (Lipinski definition) is 0. The van der Waals surface area contributed by atoms with Crippen molar-refractivity contribution in [2.24, 2.45) is 5.92 Å². The molecule has 0 N–H and O–H groups in total. The third-order valence-electron chi connectivity index (χ3n) is 3.36. The van der Waals surface area contributed by atoms with Gasteiger partial charge in [-0.15, -0.1) is 0 Å². The number of nitrogens with zero attached hydrogens (tertiary/aromatic N) is 2. The third-order valence-corrected chi connectivity index (χ3v) is 3.36. The zero-order chi connectivity index (χ0) is 10.4. The van der Waals surface area contributed by atoms with Crippen molar-refractivity contribution >= 4 is 0 Å². The lowest BCUT2D eigenvalue weighted by atomic mass is 9.94. The molecule has 0 bridgehead atoms. The molecule has 0 aliphatic carbocycles. The standard InChI is InChI=1S/C12H26N2/c1-4-8-13(2)9-5-12-6-10-14(3)11-7-12/h12H,4-11H2,1-3H3. The lowest BCUT2D eigenvalue weighted by Crippen LogP contribution is -2.32. The summed E-state index contributed by atoms with van der Waals surface area (Å²) >= 11 is 0. The molecule has 0 spiro atoms. The van der Waals surface area contributed by atoms with Crippen molar-refractivity contribution in [2.45, 2.75) is 32.6 Å². The molecule has 0 radical (unpaired) electrons. The van der Waals surface area contributed by atoms with E-state index in [0.29, 0.717) is 0 Å². The fraction of sp³-hybridized carbons (Fsp3) is 1.00. The molecule has 1 heterocycles. The molecule has 1 aliphatic rings. The number of hydrogen-bond acceptors (Lipinski definition) is 2. The SMILES string of the molecule is CCCN(C)CCC1CCN(C)CC1. The van der Waals surface area contributed by atoms with Gasteiger partial charge in [-0.2, -0.15) is 0 Å². The lowest BCUT2D eigenvalue weighted by molar-refractivity contribution is 0.196. The molecule has 2 heteroatoms. The van der Waals surface area contributed by atoms with Gasteiger partial charge in [-0.25, -0.2) is 0 Å². The van der Waals surface area contributed by atoms with Crippen molar-refractivity contribution in [2.75, 3.05) is 40.3 Å². The Balaban J connectivity index is 2.06. The van der Waals surface area contributed by atoms with E-state index in [0.717, 1.165) is 5.92 Å². The Hall–Kier alpha value is -0.0800. The Kier molecular flexibility index (Phi) is 5.49. The third kappa shape index (κ3) is 4.43. The van der Waals surface area contributed by atoms with E-state index in [1.807, 2.05) is 0 Å². The normalized spacial score (nSPS) is 20.6. The minimum Gasteiger partial charge on any atom is -0.306 e. The highest BCUT2D eigenvalue weighted by Crippen LogP contribution is 2.19. The predicted molar refractivity (Wildman–Crippen MR) is 62.6 cm³/mol. The Morgan fingerprint density at radius 3 is 2.43 bits per heavy atom. The summed E-state index contributed by atoms with van der Waals surface area (Å²) in [5.74, 6) is 0.991. The van der Waals surface area contributed by atoms with Gasteiger partial charge in [0.05, 0.1) is 0 Å². The molecule has 0 aromatic rings. The Bertz CT molecular complexity index is 139. The van der Waals surface area contributed by atoms with E-state index in [1.54, 1.807) is 0 Å². The van der Waals surface area contributed by atoms with Gasteiger partial charge in [0, 0.05) is 0 Å². The van der Waals surface area contributed by atoms with Crippen LogP contribution in [0.25, 0.3) is 0 Å². The Morgan fingerprint density at radius 2 is 1.86 bits per heavy atom. The van der Waals surface area contributed by atoms with Gasteiger partial charge in [0.25, 0.3) is 0 Å². The summed E-state index contributed by atoms with van der Waals surface area (Å²) in [5, 5.41) is 0. The van der Waals surface area contributed by atoms with E-state index in [1.165, 1.54) is 51.9 Å². The van der Waals surface area contributed by atoms with E-state index in [2.05, 4.69) is 30.8 Å². The van der Waals surface area contributed by atoms with Crippen molar-refractivity contribution in [1.82, 2.24) is 9.80 Å². The molecule has 2 nitrogen and oxygen atoms in total. The molecular weight excluding hydrogens is 172 g/mol. The maximum Gasteiger partial charge on any atom is -0.00191 e. The lowest BCUT2D eigenvalue weighted by Gasteiger charge is -2.30. The van der Waals surface area contributed by atoms with Crippen LogP contribution in [-0.4, -0.2) is 50.1 Å². The minimum absolute atomic E-state index is 0.991. The molecule has 0 amide bonds. The topological polar surface area (TPSA) is 6.48 Å². The molecule has 0 aromatic carbocycles. The molecule has 1 fully saturated rings. The minimum atomic E-state index is 0.991. The number of rotatable bonds is 5. The van der Waals surface area contributed by atoms with Crippen molar-refractivity contribution < 1.29 is 0 Å². The molecule has 0 saturated carbocycles. The van der Waals surface area contributed by atoms with Gasteiger partial charge in [-0.1, -0.05) is 6.92 Å².